The van der Waals surface area contributed by atoms with Crippen molar-refractivity contribution < 1.29 is 14.1 Å². The van der Waals surface area contributed by atoms with Crippen LogP contribution in [0.4, 0.5) is 11.4 Å². The highest BCUT2D eigenvalue weighted by molar-refractivity contribution is 7.13. The Morgan fingerprint density at radius 3 is 2.72 bits per heavy atom. The summed E-state index contributed by atoms with van der Waals surface area (Å²) in [6, 6.07) is 20.8. The van der Waals surface area contributed by atoms with Gasteiger partial charge in [0.1, 0.15) is 0 Å². The average molecular weight is 445 g/mol. The minimum Gasteiger partial charge on any atom is -0.339 e. The summed E-state index contributed by atoms with van der Waals surface area (Å²) in [4.78, 5) is 32.5. The van der Waals surface area contributed by atoms with E-state index in [0.717, 1.165) is 16.1 Å². The summed E-state index contributed by atoms with van der Waals surface area (Å²) in [5.74, 6) is 0.401. The summed E-state index contributed by atoms with van der Waals surface area (Å²) in [6.45, 7) is 0.366. The number of anilines is 2. The van der Waals surface area contributed by atoms with E-state index in [-0.39, 0.29) is 18.2 Å². The number of aromatic nitrogens is 2. The molecule has 1 atom stereocenters. The molecule has 160 valence electrons. The Balaban J connectivity index is 1.28. The quantitative estimate of drug-likeness (QED) is 0.477. The molecule has 0 radical (unpaired) electrons. The molecule has 1 aliphatic rings. The first-order chi connectivity index (χ1) is 15.7. The summed E-state index contributed by atoms with van der Waals surface area (Å²) in [7, 11) is 0. The van der Waals surface area contributed by atoms with Gasteiger partial charge in [0.15, 0.2) is 0 Å². The van der Waals surface area contributed by atoms with E-state index in [9.17, 15) is 9.59 Å². The van der Waals surface area contributed by atoms with Gasteiger partial charge < -0.3 is 14.7 Å². The van der Waals surface area contributed by atoms with Crippen LogP contribution in [0, 0.1) is 5.92 Å². The number of carbonyl (C=O) groups is 2. The molecule has 2 amide bonds. The van der Waals surface area contributed by atoms with Crippen LogP contribution >= 0.6 is 11.3 Å². The number of thiophene rings is 1. The van der Waals surface area contributed by atoms with Crippen LogP contribution in [-0.4, -0.2) is 28.5 Å². The van der Waals surface area contributed by atoms with Crippen LogP contribution in [0.3, 0.4) is 0 Å². The van der Waals surface area contributed by atoms with Gasteiger partial charge in [-0.2, -0.15) is 4.98 Å². The van der Waals surface area contributed by atoms with Crippen LogP contribution in [0.15, 0.2) is 76.6 Å². The van der Waals surface area contributed by atoms with Gasteiger partial charge in [-0.05, 0) is 35.2 Å². The van der Waals surface area contributed by atoms with Gasteiger partial charge in [-0.1, -0.05) is 47.6 Å². The predicted molar refractivity (Wildman–Crippen MR) is 122 cm³/mol. The lowest BCUT2D eigenvalue weighted by molar-refractivity contribution is -0.122. The third-order valence-electron chi connectivity index (χ3n) is 5.39. The summed E-state index contributed by atoms with van der Waals surface area (Å²) >= 11 is 1.55. The number of amides is 2. The van der Waals surface area contributed by atoms with Crippen molar-refractivity contribution in [3.8, 4) is 10.7 Å². The Bertz CT molecular complexity index is 1240. The summed E-state index contributed by atoms with van der Waals surface area (Å²) in [6.07, 6.45) is 0.589. The fourth-order valence-electron chi connectivity index (χ4n) is 3.77. The van der Waals surface area contributed by atoms with Gasteiger partial charge in [-0.25, -0.2) is 0 Å². The van der Waals surface area contributed by atoms with Crippen LogP contribution in [0.1, 0.15) is 17.9 Å². The maximum absolute atomic E-state index is 13.0. The molecule has 4 aromatic rings. The first-order valence-corrected chi connectivity index (χ1v) is 11.2. The van der Waals surface area contributed by atoms with Crippen LogP contribution in [0.25, 0.3) is 10.7 Å². The van der Waals surface area contributed by atoms with E-state index >= 15 is 0 Å². The number of nitrogens with zero attached hydrogens (tertiary/aromatic N) is 3. The standard InChI is InChI=1S/C24H20N4O3S/c29-22-14-17(15-28(22)18-8-2-1-3-9-18)24(30)25-19-10-5-4-7-16(19)13-21-26-23(27-31-21)20-11-6-12-32-20/h1-12,17H,13-15H2,(H,25,30). The average Bonchev–Trinajstić information content (AvgIpc) is 3.56. The van der Waals surface area contributed by atoms with Crippen molar-refractivity contribution in [3.05, 3.63) is 83.6 Å². The maximum atomic E-state index is 13.0. The maximum Gasteiger partial charge on any atom is 0.231 e. The van der Waals surface area contributed by atoms with E-state index in [2.05, 4.69) is 15.5 Å². The monoisotopic (exact) mass is 444 g/mol. The van der Waals surface area contributed by atoms with Crippen molar-refractivity contribution in [2.45, 2.75) is 12.8 Å². The highest BCUT2D eigenvalue weighted by Crippen LogP contribution is 2.27. The second kappa shape index (κ2) is 8.76. The third-order valence-corrected chi connectivity index (χ3v) is 6.26. The van der Waals surface area contributed by atoms with Gasteiger partial charge in [0, 0.05) is 24.3 Å². The van der Waals surface area contributed by atoms with Crippen molar-refractivity contribution >= 4 is 34.5 Å². The number of hydrogen-bond donors (Lipinski definition) is 1. The fraction of sp³-hybridized carbons (Fsp3) is 0.167. The van der Waals surface area contributed by atoms with Crippen molar-refractivity contribution in [2.24, 2.45) is 5.92 Å². The second-order valence-electron chi connectivity index (χ2n) is 7.55. The molecule has 7 nitrogen and oxygen atoms in total. The van der Waals surface area contributed by atoms with Crippen LogP contribution in [0.2, 0.25) is 0 Å². The molecule has 5 rings (SSSR count). The highest BCUT2D eigenvalue weighted by Gasteiger charge is 2.35. The number of para-hydroxylation sites is 2. The lowest BCUT2D eigenvalue weighted by atomic mass is 10.1. The molecule has 1 unspecified atom stereocenters. The smallest absolute Gasteiger partial charge is 0.231 e. The zero-order chi connectivity index (χ0) is 21.9. The molecule has 1 fully saturated rings. The molecular formula is C24H20N4O3S. The van der Waals surface area contributed by atoms with Crippen LogP contribution < -0.4 is 10.2 Å². The summed E-state index contributed by atoms with van der Waals surface area (Å²) < 4.78 is 5.41. The molecule has 1 saturated heterocycles. The Hall–Kier alpha value is -3.78. The van der Waals surface area contributed by atoms with Crippen molar-refractivity contribution in [2.75, 3.05) is 16.8 Å². The Kier molecular flexibility index (Phi) is 5.51. The van der Waals surface area contributed by atoms with E-state index in [1.54, 1.807) is 16.2 Å². The lowest BCUT2D eigenvalue weighted by Crippen LogP contribution is -2.28. The van der Waals surface area contributed by atoms with E-state index < -0.39 is 5.92 Å². The molecule has 0 bridgehead atoms. The SMILES string of the molecule is O=C(Nc1ccccc1Cc1nc(-c2cccs2)no1)C1CC(=O)N(c2ccccc2)C1. The minimum absolute atomic E-state index is 0.0448. The Labute approximate surface area is 188 Å². The topological polar surface area (TPSA) is 88.3 Å². The van der Waals surface area contributed by atoms with Gasteiger partial charge in [0.25, 0.3) is 0 Å². The molecule has 0 aliphatic carbocycles. The minimum atomic E-state index is -0.412. The van der Waals surface area contributed by atoms with E-state index in [4.69, 9.17) is 4.52 Å². The van der Waals surface area contributed by atoms with Crippen molar-refractivity contribution in [1.82, 2.24) is 10.1 Å². The van der Waals surface area contributed by atoms with Gasteiger partial charge in [-0.15, -0.1) is 11.3 Å². The van der Waals surface area contributed by atoms with E-state index in [0.29, 0.717) is 30.4 Å². The number of nitrogens with one attached hydrogen (secondary N) is 1. The second-order valence-corrected chi connectivity index (χ2v) is 8.50. The molecule has 2 aromatic carbocycles. The molecule has 3 heterocycles. The van der Waals surface area contributed by atoms with E-state index in [1.807, 2.05) is 72.1 Å². The predicted octanol–water partition coefficient (Wildman–Crippen LogP) is 4.38. The molecule has 0 saturated carbocycles. The normalized spacial score (nSPS) is 15.8. The Morgan fingerprint density at radius 2 is 1.91 bits per heavy atom. The van der Waals surface area contributed by atoms with Crippen molar-refractivity contribution in [3.63, 3.8) is 0 Å². The summed E-state index contributed by atoms with van der Waals surface area (Å²) in [5.41, 5.74) is 2.36. The third kappa shape index (κ3) is 4.17. The van der Waals surface area contributed by atoms with E-state index in [1.165, 1.54) is 0 Å². The molecule has 32 heavy (non-hydrogen) atoms. The van der Waals surface area contributed by atoms with Crippen LogP contribution in [0.5, 0.6) is 0 Å². The van der Waals surface area contributed by atoms with Gasteiger partial charge in [0.2, 0.25) is 23.5 Å². The fourth-order valence-corrected chi connectivity index (χ4v) is 4.42. The highest BCUT2D eigenvalue weighted by atomic mass is 32.1. The Morgan fingerprint density at radius 1 is 1.09 bits per heavy atom. The molecular weight excluding hydrogens is 424 g/mol. The molecule has 8 heteroatoms. The largest absolute Gasteiger partial charge is 0.339 e. The number of benzene rings is 2. The molecule has 0 spiro atoms. The zero-order valence-electron chi connectivity index (χ0n) is 17.1. The first kappa shape index (κ1) is 20.1. The molecule has 1 N–H and O–H groups in total. The lowest BCUT2D eigenvalue weighted by Gasteiger charge is -2.17. The van der Waals surface area contributed by atoms with Crippen LogP contribution in [-0.2, 0) is 16.0 Å². The molecule has 1 aliphatic heterocycles. The first-order valence-electron chi connectivity index (χ1n) is 10.3. The van der Waals surface area contributed by atoms with Gasteiger partial charge in [0.05, 0.1) is 17.2 Å². The zero-order valence-corrected chi connectivity index (χ0v) is 17.9. The summed E-state index contributed by atoms with van der Waals surface area (Å²) in [5, 5.41) is 9.00. The van der Waals surface area contributed by atoms with Gasteiger partial charge in [-0.3, -0.25) is 9.59 Å². The molecule has 2 aromatic heterocycles. The number of carbonyl (C=O) groups excluding carboxylic acids is 2. The van der Waals surface area contributed by atoms with Crippen molar-refractivity contribution in [1.29, 1.82) is 0 Å². The number of hydrogen-bond acceptors (Lipinski definition) is 6. The number of rotatable bonds is 6. The van der Waals surface area contributed by atoms with Gasteiger partial charge >= 0.3 is 0 Å².